The number of ether oxygens (including phenoxy) is 1. The number of halogens is 1. The molecule has 0 aromatic heterocycles. The number of amides is 1. The molecule has 108 valence electrons. The molecule has 0 spiro atoms. The van der Waals surface area contributed by atoms with Gasteiger partial charge in [-0.25, -0.2) is 0 Å². The smallest absolute Gasteiger partial charge is 0.262 e. The summed E-state index contributed by atoms with van der Waals surface area (Å²) < 4.78 is 5.31. The van der Waals surface area contributed by atoms with E-state index in [0.29, 0.717) is 22.0 Å². The lowest BCUT2D eigenvalue weighted by atomic mass is 10.2. The quantitative estimate of drug-likeness (QED) is 0.940. The second kappa shape index (κ2) is 7.12. The van der Waals surface area contributed by atoms with Gasteiger partial charge in [0, 0.05) is 5.69 Å². The Morgan fingerprint density at radius 1 is 1.14 bits per heavy atom. The zero-order valence-electron chi connectivity index (χ0n) is 11.3. The number of nitriles is 2. The average Bonchev–Trinajstić information content (AvgIpc) is 2.55. The molecule has 0 aliphatic carbocycles. The van der Waals surface area contributed by atoms with E-state index < -0.39 is 0 Å². The van der Waals surface area contributed by atoms with Crippen LogP contribution in [-0.2, 0) is 4.79 Å². The fraction of sp³-hybridized carbons (Fsp3) is 0.0625. The molecule has 0 atom stereocenters. The van der Waals surface area contributed by atoms with Crippen LogP contribution in [0.4, 0.5) is 5.69 Å². The highest BCUT2D eigenvalue weighted by Crippen LogP contribution is 2.19. The van der Waals surface area contributed by atoms with Crippen molar-refractivity contribution < 1.29 is 9.53 Å². The van der Waals surface area contributed by atoms with Gasteiger partial charge in [-0.3, -0.25) is 4.79 Å². The number of hydrogen-bond acceptors (Lipinski definition) is 4. The highest BCUT2D eigenvalue weighted by molar-refractivity contribution is 6.31. The maximum absolute atomic E-state index is 11.8. The molecule has 0 bridgehead atoms. The monoisotopic (exact) mass is 311 g/mol. The Labute approximate surface area is 132 Å². The summed E-state index contributed by atoms with van der Waals surface area (Å²) >= 11 is 5.82. The minimum absolute atomic E-state index is 0.184. The van der Waals surface area contributed by atoms with Gasteiger partial charge in [-0.1, -0.05) is 11.6 Å². The second-order valence-electron chi connectivity index (χ2n) is 4.28. The Kier molecular flexibility index (Phi) is 4.98. The lowest BCUT2D eigenvalue weighted by Gasteiger charge is -2.08. The van der Waals surface area contributed by atoms with Crippen LogP contribution in [-0.4, -0.2) is 12.5 Å². The highest BCUT2D eigenvalue weighted by Gasteiger charge is 2.06. The van der Waals surface area contributed by atoms with Crippen molar-refractivity contribution in [1.82, 2.24) is 0 Å². The molecular formula is C16H10ClN3O2. The van der Waals surface area contributed by atoms with Crippen LogP contribution in [0, 0.1) is 22.7 Å². The third kappa shape index (κ3) is 3.99. The molecule has 0 saturated heterocycles. The Hall–Kier alpha value is -3.02. The molecule has 2 aromatic rings. The van der Waals surface area contributed by atoms with Crippen molar-refractivity contribution in [3.8, 4) is 17.9 Å². The van der Waals surface area contributed by atoms with Gasteiger partial charge >= 0.3 is 0 Å². The maximum atomic E-state index is 11.8. The Bertz CT molecular complexity index is 773. The maximum Gasteiger partial charge on any atom is 0.262 e. The molecule has 0 heterocycles. The molecule has 0 fully saturated rings. The van der Waals surface area contributed by atoms with E-state index in [1.165, 1.54) is 12.1 Å². The van der Waals surface area contributed by atoms with Crippen LogP contribution in [0.1, 0.15) is 11.1 Å². The van der Waals surface area contributed by atoms with Crippen molar-refractivity contribution in [2.24, 2.45) is 0 Å². The van der Waals surface area contributed by atoms with Crippen LogP contribution in [0.5, 0.6) is 5.75 Å². The highest BCUT2D eigenvalue weighted by atomic mass is 35.5. The predicted octanol–water partition coefficient (Wildman–Crippen LogP) is 3.10. The second-order valence-corrected chi connectivity index (χ2v) is 4.69. The minimum atomic E-state index is -0.365. The zero-order valence-corrected chi connectivity index (χ0v) is 12.1. The summed E-state index contributed by atoms with van der Waals surface area (Å²) in [6.45, 7) is -0.184. The van der Waals surface area contributed by atoms with Crippen LogP contribution in [0.3, 0.4) is 0 Å². The van der Waals surface area contributed by atoms with Gasteiger partial charge in [-0.05, 0) is 42.5 Å². The minimum Gasteiger partial charge on any atom is -0.484 e. The number of rotatable bonds is 4. The van der Waals surface area contributed by atoms with Crippen molar-refractivity contribution >= 4 is 23.2 Å². The molecule has 6 heteroatoms. The molecule has 0 unspecified atom stereocenters. The summed E-state index contributed by atoms with van der Waals surface area (Å²) in [4.78, 5) is 11.8. The Morgan fingerprint density at radius 2 is 1.86 bits per heavy atom. The van der Waals surface area contributed by atoms with Gasteiger partial charge in [-0.15, -0.1) is 0 Å². The molecule has 2 rings (SSSR count). The molecule has 0 saturated carbocycles. The van der Waals surface area contributed by atoms with E-state index in [0.717, 1.165) is 0 Å². The zero-order chi connectivity index (χ0) is 15.9. The molecule has 1 N–H and O–H groups in total. The van der Waals surface area contributed by atoms with Crippen molar-refractivity contribution in [3.63, 3.8) is 0 Å². The van der Waals surface area contributed by atoms with Gasteiger partial charge in [-0.2, -0.15) is 10.5 Å². The van der Waals surface area contributed by atoms with Gasteiger partial charge in [0.05, 0.1) is 22.2 Å². The van der Waals surface area contributed by atoms with E-state index in [9.17, 15) is 4.79 Å². The number of nitrogens with zero attached hydrogens (tertiary/aromatic N) is 2. The first-order valence-corrected chi connectivity index (χ1v) is 6.62. The lowest BCUT2D eigenvalue weighted by molar-refractivity contribution is -0.118. The van der Waals surface area contributed by atoms with E-state index in [2.05, 4.69) is 5.32 Å². The predicted molar refractivity (Wildman–Crippen MR) is 81.4 cm³/mol. The van der Waals surface area contributed by atoms with E-state index in [1.54, 1.807) is 30.3 Å². The van der Waals surface area contributed by atoms with Gasteiger partial charge in [0.2, 0.25) is 0 Å². The van der Waals surface area contributed by atoms with Crippen molar-refractivity contribution in [2.45, 2.75) is 0 Å². The average molecular weight is 312 g/mol. The van der Waals surface area contributed by atoms with Crippen LogP contribution in [0.25, 0.3) is 0 Å². The van der Waals surface area contributed by atoms with Crippen molar-refractivity contribution in [3.05, 3.63) is 58.6 Å². The first-order chi connectivity index (χ1) is 10.6. The van der Waals surface area contributed by atoms with E-state index in [1.807, 2.05) is 12.1 Å². The number of anilines is 1. The van der Waals surface area contributed by atoms with Gasteiger partial charge in [0.25, 0.3) is 5.91 Å². The summed E-state index contributed by atoms with van der Waals surface area (Å²) in [6.07, 6.45) is 0. The molecular weight excluding hydrogens is 302 g/mol. The molecule has 2 aromatic carbocycles. The SMILES string of the molecule is N#Cc1ccc(OCC(=O)Nc2ccc(Cl)c(C#N)c2)cc1. The summed E-state index contributed by atoms with van der Waals surface area (Å²) in [6, 6.07) is 15.0. The third-order valence-electron chi connectivity index (χ3n) is 2.72. The van der Waals surface area contributed by atoms with Crippen LogP contribution in [0.15, 0.2) is 42.5 Å². The van der Waals surface area contributed by atoms with E-state index in [-0.39, 0.29) is 18.1 Å². The summed E-state index contributed by atoms with van der Waals surface area (Å²) in [7, 11) is 0. The van der Waals surface area contributed by atoms with Crippen LogP contribution >= 0.6 is 11.6 Å². The van der Waals surface area contributed by atoms with Crippen LogP contribution in [0.2, 0.25) is 5.02 Å². The largest absolute Gasteiger partial charge is 0.484 e. The van der Waals surface area contributed by atoms with Crippen molar-refractivity contribution in [1.29, 1.82) is 10.5 Å². The van der Waals surface area contributed by atoms with Crippen LogP contribution < -0.4 is 10.1 Å². The molecule has 0 aliphatic heterocycles. The van der Waals surface area contributed by atoms with E-state index >= 15 is 0 Å². The summed E-state index contributed by atoms with van der Waals surface area (Å²) in [5, 5.41) is 20.5. The topological polar surface area (TPSA) is 85.9 Å². The number of hydrogen-bond donors (Lipinski definition) is 1. The molecule has 5 nitrogen and oxygen atoms in total. The molecule has 0 radical (unpaired) electrons. The first-order valence-electron chi connectivity index (χ1n) is 6.25. The lowest BCUT2D eigenvalue weighted by Crippen LogP contribution is -2.20. The fourth-order valence-corrected chi connectivity index (χ4v) is 1.82. The summed E-state index contributed by atoms with van der Waals surface area (Å²) in [5.41, 5.74) is 1.27. The number of benzene rings is 2. The Morgan fingerprint density at radius 3 is 2.50 bits per heavy atom. The number of nitrogens with one attached hydrogen (secondary N) is 1. The standard InChI is InChI=1S/C16H10ClN3O2/c17-15-6-3-13(7-12(15)9-19)20-16(21)10-22-14-4-1-11(8-18)2-5-14/h1-7H,10H2,(H,20,21). The number of carbonyl (C=O) groups is 1. The van der Waals surface area contributed by atoms with Gasteiger partial charge in [0.1, 0.15) is 11.8 Å². The van der Waals surface area contributed by atoms with Gasteiger partial charge < -0.3 is 10.1 Å². The molecule has 1 amide bonds. The first kappa shape index (κ1) is 15.4. The molecule has 22 heavy (non-hydrogen) atoms. The van der Waals surface area contributed by atoms with Gasteiger partial charge in [0.15, 0.2) is 6.61 Å². The number of carbonyl (C=O) groups excluding carboxylic acids is 1. The third-order valence-corrected chi connectivity index (χ3v) is 3.05. The normalized spacial score (nSPS) is 9.41. The summed E-state index contributed by atoms with van der Waals surface area (Å²) in [5.74, 6) is 0.124. The molecule has 0 aliphatic rings. The van der Waals surface area contributed by atoms with E-state index in [4.69, 9.17) is 26.9 Å². The van der Waals surface area contributed by atoms with Crippen molar-refractivity contribution in [2.75, 3.05) is 11.9 Å². The fourth-order valence-electron chi connectivity index (χ4n) is 1.66. The Balaban J connectivity index is 1.93.